The second-order valence-corrected chi connectivity index (χ2v) is 5.96. The molecule has 0 saturated carbocycles. The van der Waals surface area contributed by atoms with Gasteiger partial charge in [-0.2, -0.15) is 0 Å². The third-order valence-corrected chi connectivity index (χ3v) is 4.51. The predicted molar refractivity (Wildman–Crippen MR) is 79.2 cm³/mol. The third kappa shape index (κ3) is 2.77. The van der Waals surface area contributed by atoms with Gasteiger partial charge in [-0.15, -0.1) is 11.3 Å². The van der Waals surface area contributed by atoms with E-state index in [4.69, 9.17) is 4.74 Å². The van der Waals surface area contributed by atoms with Gasteiger partial charge >= 0.3 is 0 Å². The lowest BCUT2D eigenvalue weighted by atomic mass is 10.1. The number of rotatable bonds is 5. The van der Waals surface area contributed by atoms with Gasteiger partial charge in [0.1, 0.15) is 0 Å². The second kappa shape index (κ2) is 6.03. The SMILES string of the molecule is CC[C@@H](NCc1cc(=O)n2ccsc2n1)[C@@H]1CCCO1. The van der Waals surface area contributed by atoms with Crippen LogP contribution >= 0.6 is 11.3 Å². The summed E-state index contributed by atoms with van der Waals surface area (Å²) in [5, 5.41) is 5.36. The summed E-state index contributed by atoms with van der Waals surface area (Å²) in [7, 11) is 0. The van der Waals surface area contributed by atoms with Crippen LogP contribution in [0.3, 0.4) is 0 Å². The quantitative estimate of drug-likeness (QED) is 0.913. The average Bonchev–Trinajstić information content (AvgIpc) is 3.10. The van der Waals surface area contributed by atoms with Gasteiger partial charge in [-0.1, -0.05) is 6.92 Å². The zero-order valence-corrected chi connectivity index (χ0v) is 12.4. The molecule has 0 amide bonds. The van der Waals surface area contributed by atoms with E-state index in [-0.39, 0.29) is 5.56 Å². The van der Waals surface area contributed by atoms with Crippen LogP contribution < -0.4 is 10.9 Å². The first-order chi connectivity index (χ1) is 9.78. The molecule has 3 rings (SSSR count). The molecule has 20 heavy (non-hydrogen) atoms. The summed E-state index contributed by atoms with van der Waals surface area (Å²) in [5.74, 6) is 0. The fourth-order valence-corrected chi connectivity index (χ4v) is 3.41. The summed E-state index contributed by atoms with van der Waals surface area (Å²) in [5.41, 5.74) is 0.784. The summed E-state index contributed by atoms with van der Waals surface area (Å²) in [4.78, 5) is 17.2. The van der Waals surface area contributed by atoms with E-state index < -0.39 is 0 Å². The van der Waals surface area contributed by atoms with Gasteiger partial charge in [0.15, 0.2) is 4.96 Å². The summed E-state index contributed by atoms with van der Waals surface area (Å²) < 4.78 is 7.30. The first kappa shape index (κ1) is 13.7. The Hall–Kier alpha value is -1.24. The highest BCUT2D eigenvalue weighted by Gasteiger charge is 2.24. The molecular formula is C14H19N3O2S. The molecule has 2 atom stereocenters. The highest BCUT2D eigenvalue weighted by molar-refractivity contribution is 7.15. The Morgan fingerprint density at radius 2 is 2.55 bits per heavy atom. The van der Waals surface area contributed by atoms with Crippen LogP contribution in [-0.4, -0.2) is 28.1 Å². The maximum Gasteiger partial charge on any atom is 0.258 e. The Kier molecular flexibility index (Phi) is 4.14. The van der Waals surface area contributed by atoms with E-state index in [0.29, 0.717) is 18.7 Å². The molecule has 1 N–H and O–H groups in total. The van der Waals surface area contributed by atoms with Crippen molar-refractivity contribution < 1.29 is 4.74 Å². The molecular weight excluding hydrogens is 274 g/mol. The van der Waals surface area contributed by atoms with Gasteiger partial charge in [0.05, 0.1) is 11.8 Å². The maximum absolute atomic E-state index is 11.9. The van der Waals surface area contributed by atoms with Gasteiger partial charge in [0.25, 0.3) is 5.56 Å². The average molecular weight is 293 g/mol. The fourth-order valence-electron chi connectivity index (χ4n) is 2.67. The van der Waals surface area contributed by atoms with Crippen molar-refractivity contribution in [1.29, 1.82) is 0 Å². The number of nitrogens with zero attached hydrogens (tertiary/aromatic N) is 2. The topological polar surface area (TPSA) is 55.6 Å². The zero-order valence-electron chi connectivity index (χ0n) is 11.5. The van der Waals surface area contributed by atoms with Gasteiger partial charge in [0.2, 0.25) is 0 Å². The van der Waals surface area contributed by atoms with Crippen LogP contribution in [0.4, 0.5) is 0 Å². The lowest BCUT2D eigenvalue weighted by Crippen LogP contribution is -2.39. The number of hydrogen-bond acceptors (Lipinski definition) is 5. The van der Waals surface area contributed by atoms with Crippen LogP contribution in [0.15, 0.2) is 22.4 Å². The molecule has 1 fully saturated rings. The van der Waals surface area contributed by atoms with Crippen LogP contribution in [0, 0.1) is 0 Å². The molecule has 0 unspecified atom stereocenters. The van der Waals surface area contributed by atoms with Gasteiger partial charge in [-0.3, -0.25) is 9.20 Å². The number of thiazole rings is 1. The molecule has 5 nitrogen and oxygen atoms in total. The minimum absolute atomic E-state index is 0.0155. The van der Waals surface area contributed by atoms with Crippen LogP contribution in [0.2, 0.25) is 0 Å². The van der Waals surface area contributed by atoms with Crippen LogP contribution in [0.1, 0.15) is 31.9 Å². The van der Waals surface area contributed by atoms with Crippen molar-refractivity contribution in [2.45, 2.75) is 44.9 Å². The lowest BCUT2D eigenvalue weighted by Gasteiger charge is -2.22. The Morgan fingerprint density at radius 1 is 1.65 bits per heavy atom. The highest BCUT2D eigenvalue weighted by atomic mass is 32.1. The van der Waals surface area contributed by atoms with Crippen LogP contribution in [-0.2, 0) is 11.3 Å². The van der Waals surface area contributed by atoms with Gasteiger partial charge in [-0.25, -0.2) is 4.98 Å². The van der Waals surface area contributed by atoms with E-state index in [9.17, 15) is 4.79 Å². The van der Waals surface area contributed by atoms with E-state index in [1.807, 2.05) is 5.38 Å². The molecule has 0 bridgehead atoms. The van der Waals surface area contributed by atoms with Crippen molar-refractivity contribution in [2.24, 2.45) is 0 Å². The number of hydrogen-bond donors (Lipinski definition) is 1. The molecule has 1 aliphatic heterocycles. The molecule has 0 spiro atoms. The van der Waals surface area contributed by atoms with Crippen LogP contribution in [0.25, 0.3) is 4.96 Å². The molecule has 0 radical (unpaired) electrons. The smallest absolute Gasteiger partial charge is 0.258 e. The second-order valence-electron chi connectivity index (χ2n) is 5.09. The summed E-state index contributed by atoms with van der Waals surface area (Å²) in [6.45, 7) is 3.63. The summed E-state index contributed by atoms with van der Waals surface area (Å²) >= 11 is 1.48. The largest absolute Gasteiger partial charge is 0.377 e. The molecule has 108 valence electrons. The Labute approximate surface area is 121 Å². The van der Waals surface area contributed by atoms with E-state index >= 15 is 0 Å². The zero-order chi connectivity index (χ0) is 13.9. The molecule has 1 aliphatic rings. The summed E-state index contributed by atoms with van der Waals surface area (Å²) in [6, 6.07) is 1.94. The van der Waals surface area contributed by atoms with Crippen molar-refractivity contribution in [3.8, 4) is 0 Å². The first-order valence-electron chi connectivity index (χ1n) is 7.08. The number of ether oxygens (including phenoxy) is 1. The molecule has 2 aromatic heterocycles. The fraction of sp³-hybridized carbons (Fsp3) is 0.571. The maximum atomic E-state index is 11.9. The molecule has 1 saturated heterocycles. The van der Waals surface area contributed by atoms with Crippen molar-refractivity contribution in [1.82, 2.24) is 14.7 Å². The number of fused-ring (bicyclic) bond motifs is 1. The minimum atomic E-state index is -0.0155. The predicted octanol–water partition coefficient (Wildman–Crippen LogP) is 1.80. The Balaban J connectivity index is 1.70. The van der Waals surface area contributed by atoms with Crippen molar-refractivity contribution in [2.75, 3.05) is 6.61 Å². The van der Waals surface area contributed by atoms with Gasteiger partial charge in [0, 0.05) is 36.8 Å². The monoisotopic (exact) mass is 293 g/mol. The van der Waals surface area contributed by atoms with Crippen molar-refractivity contribution >= 4 is 16.3 Å². The Bertz CT molecular complexity index is 631. The normalized spacial score (nSPS) is 20.6. The number of nitrogens with one attached hydrogen (secondary N) is 1. The third-order valence-electron chi connectivity index (χ3n) is 3.76. The molecule has 2 aromatic rings. The van der Waals surface area contributed by atoms with Gasteiger partial charge < -0.3 is 10.1 Å². The molecule has 0 aromatic carbocycles. The molecule has 0 aliphatic carbocycles. The van der Waals surface area contributed by atoms with E-state index in [2.05, 4.69) is 17.2 Å². The number of aromatic nitrogens is 2. The lowest BCUT2D eigenvalue weighted by molar-refractivity contribution is 0.0763. The van der Waals surface area contributed by atoms with E-state index in [1.165, 1.54) is 11.3 Å². The minimum Gasteiger partial charge on any atom is -0.377 e. The Morgan fingerprint density at radius 3 is 3.30 bits per heavy atom. The molecule has 6 heteroatoms. The highest BCUT2D eigenvalue weighted by Crippen LogP contribution is 2.17. The molecule has 3 heterocycles. The van der Waals surface area contributed by atoms with E-state index in [1.54, 1.807) is 16.7 Å². The van der Waals surface area contributed by atoms with Crippen LogP contribution in [0.5, 0.6) is 0 Å². The summed E-state index contributed by atoms with van der Waals surface area (Å²) in [6.07, 6.45) is 5.33. The first-order valence-corrected chi connectivity index (χ1v) is 7.96. The van der Waals surface area contributed by atoms with Crippen molar-refractivity contribution in [3.05, 3.63) is 33.7 Å². The van der Waals surface area contributed by atoms with Gasteiger partial charge in [-0.05, 0) is 19.3 Å². The van der Waals surface area contributed by atoms with Crippen molar-refractivity contribution in [3.63, 3.8) is 0 Å². The van der Waals surface area contributed by atoms with E-state index in [0.717, 1.165) is 36.5 Å². The standard InChI is InChI=1S/C14H19N3O2S/c1-2-11(12-4-3-6-19-12)15-9-10-8-13(18)17-5-7-20-14(17)16-10/h5,7-8,11-12,15H,2-4,6,9H2,1H3/t11-,12+/m1/s1.